The molecule has 1 heterocycles. The van der Waals surface area contributed by atoms with Crippen molar-refractivity contribution in [3.05, 3.63) is 29.6 Å². The van der Waals surface area contributed by atoms with Gasteiger partial charge in [-0.05, 0) is 37.7 Å². The highest BCUT2D eigenvalue weighted by molar-refractivity contribution is 6.08. The molecule has 3 N–H and O–H groups in total. The van der Waals surface area contributed by atoms with Crippen LogP contribution in [0.1, 0.15) is 124 Å². The molecule has 2 fully saturated rings. The van der Waals surface area contributed by atoms with Crippen LogP contribution in [0.3, 0.4) is 0 Å². The first-order valence-electron chi connectivity index (χ1n) is 13.8. The van der Waals surface area contributed by atoms with Crippen LogP contribution >= 0.6 is 0 Å². The summed E-state index contributed by atoms with van der Waals surface area (Å²) in [4.78, 5) is 43.6. The SMILES string of the molecule is CC(C)[C@H](NC(=O)c1ccncc1C(=O)NC1CCCCCCC1)C(=O)NC1CCCCCCC1. The first-order chi connectivity index (χ1) is 17.0. The Morgan fingerprint density at radius 1 is 0.743 bits per heavy atom. The van der Waals surface area contributed by atoms with Crippen LogP contribution in [-0.2, 0) is 4.79 Å². The second-order valence-electron chi connectivity index (χ2n) is 10.7. The molecule has 1 atom stereocenters. The Morgan fingerprint density at radius 3 is 1.80 bits per heavy atom. The van der Waals surface area contributed by atoms with Gasteiger partial charge >= 0.3 is 0 Å². The highest BCUT2D eigenvalue weighted by Gasteiger charge is 2.28. The third-order valence-corrected chi connectivity index (χ3v) is 7.44. The number of hydrogen-bond donors (Lipinski definition) is 3. The van der Waals surface area contributed by atoms with E-state index in [4.69, 9.17) is 0 Å². The molecule has 3 amide bonds. The number of nitrogens with one attached hydrogen (secondary N) is 3. The number of amides is 3. The fourth-order valence-corrected chi connectivity index (χ4v) is 5.28. The zero-order chi connectivity index (χ0) is 25.0. The molecule has 7 nitrogen and oxygen atoms in total. The predicted octanol–water partition coefficient (Wildman–Crippen LogP) is 4.91. The molecule has 1 aromatic rings. The van der Waals surface area contributed by atoms with Gasteiger partial charge in [0.15, 0.2) is 0 Å². The molecule has 0 radical (unpaired) electrons. The van der Waals surface area contributed by atoms with Crippen molar-refractivity contribution in [1.82, 2.24) is 20.9 Å². The largest absolute Gasteiger partial charge is 0.352 e. The van der Waals surface area contributed by atoms with Crippen molar-refractivity contribution in [3.8, 4) is 0 Å². The molecule has 2 saturated carbocycles. The highest BCUT2D eigenvalue weighted by atomic mass is 16.2. The van der Waals surface area contributed by atoms with E-state index in [1.165, 1.54) is 50.9 Å². The zero-order valence-electron chi connectivity index (χ0n) is 21.6. The third kappa shape index (κ3) is 8.62. The number of pyridine rings is 1. The maximum atomic E-state index is 13.3. The van der Waals surface area contributed by atoms with Gasteiger partial charge in [-0.15, -0.1) is 0 Å². The molecule has 3 rings (SSSR count). The Balaban J connectivity index is 1.65. The van der Waals surface area contributed by atoms with Crippen LogP contribution in [0.15, 0.2) is 18.5 Å². The number of carbonyl (C=O) groups excluding carboxylic acids is 3. The van der Waals surface area contributed by atoms with Crippen molar-refractivity contribution in [2.75, 3.05) is 0 Å². The van der Waals surface area contributed by atoms with E-state index in [1.54, 1.807) is 6.07 Å². The third-order valence-electron chi connectivity index (χ3n) is 7.44. The van der Waals surface area contributed by atoms with Crippen LogP contribution in [0.2, 0.25) is 0 Å². The Kier molecular flexibility index (Phi) is 11.0. The summed E-state index contributed by atoms with van der Waals surface area (Å²) in [6, 6.07) is 1.18. The minimum atomic E-state index is -0.664. The fraction of sp³-hybridized carbons (Fsp3) is 0.714. The number of aromatic nitrogens is 1. The van der Waals surface area contributed by atoms with Crippen molar-refractivity contribution in [1.29, 1.82) is 0 Å². The van der Waals surface area contributed by atoms with Crippen LogP contribution in [0.4, 0.5) is 0 Å². The number of rotatable bonds is 7. The Morgan fingerprint density at radius 2 is 1.26 bits per heavy atom. The summed E-state index contributed by atoms with van der Waals surface area (Å²) in [5, 5.41) is 9.21. The lowest BCUT2D eigenvalue weighted by atomic mass is 9.95. The molecular weight excluding hydrogens is 440 g/mol. The smallest absolute Gasteiger partial charge is 0.253 e. The number of hydrogen-bond acceptors (Lipinski definition) is 4. The lowest BCUT2D eigenvalue weighted by Crippen LogP contribution is -2.52. The second-order valence-corrected chi connectivity index (χ2v) is 10.7. The molecule has 0 spiro atoms. The predicted molar refractivity (Wildman–Crippen MR) is 138 cm³/mol. The minimum absolute atomic E-state index is 0.0819. The molecule has 1 aromatic heterocycles. The summed E-state index contributed by atoms with van der Waals surface area (Å²) >= 11 is 0. The van der Waals surface area contributed by atoms with Gasteiger partial charge in [0, 0.05) is 24.5 Å². The summed E-state index contributed by atoms with van der Waals surface area (Å²) < 4.78 is 0. The standard InChI is InChI=1S/C28H44N4O3/c1-20(2)25(28(35)31-22-15-11-7-4-8-12-16-22)32-26(33)23-17-18-29-19-24(23)27(34)30-21-13-9-5-3-6-10-14-21/h17-22,25H,3-16H2,1-2H3,(H,30,34)(H,31,35)(H,32,33)/t25-/m0/s1. The maximum Gasteiger partial charge on any atom is 0.253 e. The van der Waals surface area contributed by atoms with E-state index >= 15 is 0 Å². The van der Waals surface area contributed by atoms with Crippen molar-refractivity contribution < 1.29 is 14.4 Å². The molecule has 7 heteroatoms. The first-order valence-corrected chi connectivity index (χ1v) is 13.8. The fourth-order valence-electron chi connectivity index (χ4n) is 5.28. The monoisotopic (exact) mass is 484 g/mol. The quantitative estimate of drug-likeness (QED) is 0.512. The Labute approximate surface area is 210 Å². The molecule has 0 unspecified atom stereocenters. The molecule has 0 aliphatic heterocycles. The van der Waals surface area contributed by atoms with Gasteiger partial charge in [-0.1, -0.05) is 78.1 Å². The molecule has 194 valence electrons. The van der Waals surface area contributed by atoms with Gasteiger partial charge in [0.1, 0.15) is 6.04 Å². The van der Waals surface area contributed by atoms with Crippen LogP contribution in [0.25, 0.3) is 0 Å². The summed E-state index contributed by atoms with van der Waals surface area (Å²) in [5.74, 6) is -0.911. The van der Waals surface area contributed by atoms with E-state index in [2.05, 4.69) is 20.9 Å². The molecule has 0 saturated heterocycles. The van der Waals surface area contributed by atoms with Crippen molar-refractivity contribution in [2.45, 2.75) is 122 Å². The van der Waals surface area contributed by atoms with Crippen molar-refractivity contribution in [2.24, 2.45) is 5.92 Å². The lowest BCUT2D eigenvalue weighted by Gasteiger charge is -2.27. The lowest BCUT2D eigenvalue weighted by molar-refractivity contribution is -0.124. The molecule has 0 aromatic carbocycles. The Bertz CT molecular complexity index is 825. The second kappa shape index (κ2) is 14.2. The summed E-state index contributed by atoms with van der Waals surface area (Å²) in [6.07, 6.45) is 18.7. The van der Waals surface area contributed by atoms with Gasteiger partial charge in [0.2, 0.25) is 5.91 Å². The van der Waals surface area contributed by atoms with Gasteiger partial charge in [-0.3, -0.25) is 19.4 Å². The van der Waals surface area contributed by atoms with Crippen LogP contribution < -0.4 is 16.0 Å². The summed E-state index contributed by atoms with van der Waals surface area (Å²) in [7, 11) is 0. The summed E-state index contributed by atoms with van der Waals surface area (Å²) in [5.41, 5.74) is 0.516. The average Bonchev–Trinajstić information content (AvgIpc) is 2.80. The van der Waals surface area contributed by atoms with E-state index in [0.717, 1.165) is 51.4 Å². The molecule has 0 bridgehead atoms. The first kappa shape index (κ1) is 27.2. The van der Waals surface area contributed by atoms with Gasteiger partial charge in [0.05, 0.1) is 11.1 Å². The van der Waals surface area contributed by atoms with E-state index < -0.39 is 11.9 Å². The van der Waals surface area contributed by atoms with Crippen LogP contribution in [-0.4, -0.2) is 40.8 Å². The van der Waals surface area contributed by atoms with Crippen LogP contribution in [0.5, 0.6) is 0 Å². The molecule has 2 aliphatic rings. The van der Waals surface area contributed by atoms with E-state index in [0.29, 0.717) is 0 Å². The molecule has 35 heavy (non-hydrogen) atoms. The van der Waals surface area contributed by atoms with Crippen LogP contribution in [0, 0.1) is 5.92 Å². The topological polar surface area (TPSA) is 100 Å². The number of nitrogens with zero attached hydrogens (tertiary/aromatic N) is 1. The van der Waals surface area contributed by atoms with E-state index in [-0.39, 0.29) is 40.9 Å². The molecule has 2 aliphatic carbocycles. The zero-order valence-corrected chi connectivity index (χ0v) is 21.6. The van der Waals surface area contributed by atoms with E-state index in [9.17, 15) is 14.4 Å². The maximum absolute atomic E-state index is 13.3. The highest BCUT2D eigenvalue weighted by Crippen LogP contribution is 2.19. The van der Waals surface area contributed by atoms with Gasteiger partial charge in [-0.25, -0.2) is 0 Å². The van der Waals surface area contributed by atoms with Gasteiger partial charge < -0.3 is 16.0 Å². The minimum Gasteiger partial charge on any atom is -0.352 e. The molecular formula is C28H44N4O3. The van der Waals surface area contributed by atoms with Crippen molar-refractivity contribution >= 4 is 17.7 Å². The summed E-state index contributed by atoms with van der Waals surface area (Å²) in [6.45, 7) is 3.86. The normalized spacial score (nSPS) is 19.5. The van der Waals surface area contributed by atoms with Gasteiger partial charge in [-0.2, -0.15) is 0 Å². The van der Waals surface area contributed by atoms with E-state index in [1.807, 2.05) is 13.8 Å². The average molecular weight is 485 g/mol. The number of carbonyl (C=O) groups is 3. The Hall–Kier alpha value is -2.44. The van der Waals surface area contributed by atoms with Gasteiger partial charge in [0.25, 0.3) is 11.8 Å². The van der Waals surface area contributed by atoms with Crippen molar-refractivity contribution in [3.63, 3.8) is 0 Å².